The predicted molar refractivity (Wildman–Crippen MR) is 46.2 cm³/mol. The lowest BCUT2D eigenvalue weighted by atomic mass is 10.2. The van der Waals surface area contributed by atoms with Crippen LogP contribution < -0.4 is 0 Å². The lowest BCUT2D eigenvalue weighted by Gasteiger charge is -2.11. The molecule has 0 saturated heterocycles. The Hall–Kier alpha value is -0.550. The predicted octanol–water partition coefficient (Wildman–Crippen LogP) is 2.07. The van der Waals surface area contributed by atoms with E-state index in [0.29, 0.717) is 13.0 Å². The molecule has 0 amide bonds. The Bertz CT molecular complexity index is 149. The maximum absolute atomic E-state index is 12.0. The van der Waals surface area contributed by atoms with Gasteiger partial charge in [-0.15, -0.1) is 0 Å². The molecule has 0 aliphatic rings. The largest absolute Gasteiger partial charge is 0.381 e. The highest BCUT2D eigenvalue weighted by atomic mass is 19.2. The minimum atomic E-state index is -1.13. The highest BCUT2D eigenvalue weighted by Gasteiger charge is 2.04. The zero-order valence-corrected chi connectivity index (χ0v) is 7.93. The summed E-state index contributed by atoms with van der Waals surface area (Å²) in [7, 11) is 1.61. The molecule has 0 bridgehead atoms. The van der Waals surface area contributed by atoms with E-state index in [1.165, 1.54) is 0 Å². The lowest BCUT2D eigenvalue weighted by molar-refractivity contribution is 0.0578. The number of ether oxygens (including phenoxy) is 2. The molecule has 0 aliphatic carbocycles. The molecule has 78 valence electrons. The zero-order valence-electron chi connectivity index (χ0n) is 7.93. The number of hydrogen-bond donors (Lipinski definition) is 0. The summed E-state index contributed by atoms with van der Waals surface area (Å²) in [6.45, 7) is 1.92. The van der Waals surface area contributed by atoms with E-state index in [-0.39, 0.29) is 6.10 Å². The summed E-state index contributed by atoms with van der Waals surface area (Å²) >= 11 is 0. The number of methoxy groups -OCH3 is 1. The molecule has 0 N–H and O–H groups in total. The molecule has 0 aromatic heterocycles. The molecule has 0 spiro atoms. The minimum absolute atomic E-state index is 0.116. The fourth-order valence-corrected chi connectivity index (χ4v) is 0.884. The Labute approximate surface area is 76.7 Å². The fraction of sp³-hybridized carbons (Fsp3) is 0.875. The second kappa shape index (κ2) is 8.07. The molecule has 1 atom stereocenters. The van der Waals surface area contributed by atoms with Crippen LogP contribution in [0.25, 0.3) is 0 Å². The number of rotatable bonds is 7. The molecule has 3 nitrogen and oxygen atoms in total. The summed E-state index contributed by atoms with van der Waals surface area (Å²) in [5.74, 6) is -1.13. The van der Waals surface area contributed by atoms with Crippen molar-refractivity contribution in [1.29, 1.82) is 0 Å². The van der Waals surface area contributed by atoms with Crippen LogP contribution in [0, 0.1) is 0 Å². The van der Waals surface area contributed by atoms with Crippen molar-refractivity contribution in [3.05, 3.63) is 0 Å². The van der Waals surface area contributed by atoms with Gasteiger partial charge in [0, 0.05) is 13.7 Å². The highest BCUT2D eigenvalue weighted by Crippen LogP contribution is 2.01. The molecule has 13 heavy (non-hydrogen) atoms. The van der Waals surface area contributed by atoms with Crippen molar-refractivity contribution in [2.24, 2.45) is 5.21 Å². The molecular weight excluding hydrogens is 180 g/mol. The molecule has 0 aromatic carbocycles. The summed E-state index contributed by atoms with van der Waals surface area (Å²) in [5, 5.41) is 1.84. The topological polar surface area (TPSA) is 30.8 Å². The zero-order chi connectivity index (χ0) is 10.1. The molecule has 0 fully saturated rings. The minimum Gasteiger partial charge on any atom is -0.381 e. The standard InChI is InChI=1S/C8H15F2NO2/c1-3-7(12-2)4-5-13-6-8(9)11-10/h7H,3-6H2,1-2H3. The van der Waals surface area contributed by atoms with Gasteiger partial charge in [0.1, 0.15) is 6.61 Å². The van der Waals surface area contributed by atoms with E-state index < -0.39 is 12.6 Å². The average molecular weight is 195 g/mol. The Morgan fingerprint density at radius 1 is 1.54 bits per heavy atom. The fourth-order valence-electron chi connectivity index (χ4n) is 0.884. The molecule has 0 aromatic rings. The van der Waals surface area contributed by atoms with Gasteiger partial charge in [-0.25, -0.2) is 0 Å². The number of halogens is 2. The summed E-state index contributed by atoms with van der Waals surface area (Å²) in [6.07, 6.45) is 1.66. The third-order valence-electron chi connectivity index (χ3n) is 1.69. The number of hydrogen-bond acceptors (Lipinski definition) is 3. The molecule has 0 aliphatic heterocycles. The van der Waals surface area contributed by atoms with Crippen LogP contribution in [0.1, 0.15) is 19.8 Å². The van der Waals surface area contributed by atoms with Gasteiger partial charge in [0.05, 0.1) is 6.10 Å². The van der Waals surface area contributed by atoms with Crippen molar-refractivity contribution < 1.29 is 18.3 Å². The maximum atomic E-state index is 12.0. The first-order chi connectivity index (χ1) is 6.24. The van der Waals surface area contributed by atoms with Crippen LogP contribution in [0.15, 0.2) is 5.21 Å². The van der Waals surface area contributed by atoms with Gasteiger partial charge >= 0.3 is 0 Å². The van der Waals surface area contributed by atoms with Gasteiger partial charge < -0.3 is 9.47 Å². The first-order valence-corrected chi connectivity index (χ1v) is 4.18. The van der Waals surface area contributed by atoms with E-state index in [4.69, 9.17) is 9.47 Å². The molecule has 0 rings (SSSR count). The Morgan fingerprint density at radius 3 is 2.69 bits per heavy atom. The van der Waals surface area contributed by atoms with Gasteiger partial charge in [0.2, 0.25) is 5.97 Å². The van der Waals surface area contributed by atoms with E-state index in [0.717, 1.165) is 6.42 Å². The third kappa shape index (κ3) is 6.60. The van der Waals surface area contributed by atoms with Gasteiger partial charge in [-0.05, 0) is 12.8 Å². The van der Waals surface area contributed by atoms with Gasteiger partial charge in [0.25, 0.3) is 0 Å². The van der Waals surface area contributed by atoms with Crippen molar-refractivity contribution in [3.8, 4) is 0 Å². The van der Waals surface area contributed by atoms with E-state index in [2.05, 4.69) is 0 Å². The Balaban J connectivity index is 3.34. The number of nitrogens with zero attached hydrogens (tertiary/aromatic N) is 1. The quantitative estimate of drug-likeness (QED) is 0.460. The molecule has 0 saturated carbocycles. The van der Waals surface area contributed by atoms with Crippen molar-refractivity contribution in [2.45, 2.75) is 25.9 Å². The van der Waals surface area contributed by atoms with Gasteiger partial charge in [0.15, 0.2) is 0 Å². The average Bonchev–Trinajstić information content (AvgIpc) is 2.18. The van der Waals surface area contributed by atoms with Crippen molar-refractivity contribution in [2.75, 3.05) is 20.3 Å². The SMILES string of the molecule is CCC(CCOCC(F)=NF)OC. The summed E-state index contributed by atoms with van der Waals surface area (Å²) < 4.78 is 33.1. The first-order valence-electron chi connectivity index (χ1n) is 4.18. The van der Waals surface area contributed by atoms with Crippen LogP contribution >= 0.6 is 0 Å². The van der Waals surface area contributed by atoms with Crippen LogP contribution in [0.5, 0.6) is 0 Å². The smallest absolute Gasteiger partial charge is 0.245 e. The van der Waals surface area contributed by atoms with Crippen molar-refractivity contribution >= 4 is 5.97 Å². The second-order valence-electron chi connectivity index (χ2n) is 2.57. The van der Waals surface area contributed by atoms with E-state index in [1.54, 1.807) is 7.11 Å². The lowest BCUT2D eigenvalue weighted by Crippen LogP contribution is -2.13. The van der Waals surface area contributed by atoms with Gasteiger partial charge in [-0.2, -0.15) is 4.39 Å². The molecule has 0 radical (unpaired) electrons. The van der Waals surface area contributed by atoms with E-state index in [1.807, 2.05) is 12.1 Å². The molecular formula is C8H15F2NO2. The maximum Gasteiger partial charge on any atom is 0.245 e. The normalized spacial score (nSPS) is 14.6. The van der Waals surface area contributed by atoms with Gasteiger partial charge in [-0.1, -0.05) is 16.6 Å². The summed E-state index contributed by atoms with van der Waals surface area (Å²) in [4.78, 5) is 0. The van der Waals surface area contributed by atoms with Crippen molar-refractivity contribution in [3.63, 3.8) is 0 Å². The van der Waals surface area contributed by atoms with Crippen molar-refractivity contribution in [1.82, 2.24) is 0 Å². The second-order valence-corrected chi connectivity index (χ2v) is 2.57. The Morgan fingerprint density at radius 2 is 2.23 bits per heavy atom. The van der Waals surface area contributed by atoms with Crippen LogP contribution in [-0.2, 0) is 9.47 Å². The van der Waals surface area contributed by atoms with Gasteiger partial charge in [-0.3, -0.25) is 0 Å². The Kier molecular flexibility index (Phi) is 7.73. The van der Waals surface area contributed by atoms with Crippen LogP contribution in [0.2, 0.25) is 0 Å². The van der Waals surface area contributed by atoms with E-state index in [9.17, 15) is 8.87 Å². The monoisotopic (exact) mass is 195 g/mol. The van der Waals surface area contributed by atoms with Crippen LogP contribution in [0.4, 0.5) is 8.87 Å². The van der Waals surface area contributed by atoms with Crippen LogP contribution in [-0.4, -0.2) is 32.4 Å². The molecule has 1 unspecified atom stereocenters. The third-order valence-corrected chi connectivity index (χ3v) is 1.69. The van der Waals surface area contributed by atoms with Crippen LogP contribution in [0.3, 0.4) is 0 Å². The van der Waals surface area contributed by atoms with E-state index >= 15 is 0 Å². The molecule has 5 heteroatoms. The first kappa shape index (κ1) is 12.4. The summed E-state index contributed by atoms with van der Waals surface area (Å²) in [6, 6.07) is 0. The molecule has 0 heterocycles. The highest BCUT2D eigenvalue weighted by molar-refractivity contribution is 5.75. The summed E-state index contributed by atoms with van der Waals surface area (Å²) in [5.41, 5.74) is 0.